The Morgan fingerprint density at radius 3 is 2.00 bits per heavy atom. The first-order valence-electron chi connectivity index (χ1n) is 4.99. The van der Waals surface area contributed by atoms with Gasteiger partial charge >= 0.3 is 5.97 Å². The minimum absolute atomic E-state index is 0.278. The molecule has 0 saturated carbocycles. The molecule has 0 spiro atoms. The van der Waals surface area contributed by atoms with Gasteiger partial charge in [-0.15, -0.1) is 0 Å². The van der Waals surface area contributed by atoms with Crippen molar-refractivity contribution in [2.75, 3.05) is 0 Å². The van der Waals surface area contributed by atoms with Gasteiger partial charge in [0.25, 0.3) is 0 Å². The summed E-state index contributed by atoms with van der Waals surface area (Å²) < 4.78 is 0. The van der Waals surface area contributed by atoms with Crippen LogP contribution in [0, 0.1) is 20.8 Å². The molecular weight excluding hydrogens is 208 g/mol. The summed E-state index contributed by atoms with van der Waals surface area (Å²) >= 11 is 0. The van der Waals surface area contributed by atoms with E-state index in [0.29, 0.717) is 11.1 Å². The van der Waals surface area contributed by atoms with Crippen molar-refractivity contribution in [3.8, 4) is 0 Å². The Hall–Kier alpha value is -1.39. The van der Waals surface area contributed by atoms with E-state index < -0.39 is 18.2 Å². The topological polar surface area (TPSA) is 77.8 Å². The number of aliphatic hydroxyl groups is 2. The van der Waals surface area contributed by atoms with Crippen LogP contribution in [0.4, 0.5) is 0 Å². The van der Waals surface area contributed by atoms with Crippen LogP contribution in [0.15, 0.2) is 12.1 Å². The van der Waals surface area contributed by atoms with Crippen molar-refractivity contribution in [3.63, 3.8) is 0 Å². The van der Waals surface area contributed by atoms with Crippen LogP contribution in [-0.2, 0) is 10.6 Å². The Balaban J connectivity index is 3.27. The lowest BCUT2D eigenvalue weighted by Gasteiger charge is -2.24. The maximum atomic E-state index is 10.6. The van der Waals surface area contributed by atoms with Crippen LogP contribution in [0.3, 0.4) is 0 Å². The summed E-state index contributed by atoms with van der Waals surface area (Å²) in [6, 6.07) is 3.59. The lowest BCUT2D eigenvalue weighted by atomic mass is 9.91. The summed E-state index contributed by atoms with van der Waals surface area (Å²) in [4.78, 5) is 10.6. The van der Waals surface area contributed by atoms with Gasteiger partial charge in [0.2, 0.25) is 5.79 Å². The highest BCUT2D eigenvalue weighted by atomic mass is 16.5. The molecular formula is C12H16O4. The third kappa shape index (κ3) is 2.59. The fraction of sp³-hybridized carbons (Fsp3) is 0.417. The van der Waals surface area contributed by atoms with Crippen molar-refractivity contribution in [1.82, 2.24) is 0 Å². The highest BCUT2D eigenvalue weighted by Crippen LogP contribution is 2.29. The second-order valence-electron chi connectivity index (χ2n) is 4.16. The number of benzene rings is 1. The van der Waals surface area contributed by atoms with Crippen LogP contribution in [0.2, 0.25) is 0 Å². The molecule has 0 aliphatic heterocycles. The fourth-order valence-corrected chi connectivity index (χ4v) is 2.11. The van der Waals surface area contributed by atoms with Crippen molar-refractivity contribution in [1.29, 1.82) is 0 Å². The maximum absolute atomic E-state index is 10.6. The van der Waals surface area contributed by atoms with E-state index in [1.54, 1.807) is 26.0 Å². The third-order valence-electron chi connectivity index (χ3n) is 2.48. The molecule has 0 saturated heterocycles. The molecule has 0 heterocycles. The Bertz CT molecular complexity index is 398. The molecule has 0 aliphatic carbocycles. The highest BCUT2D eigenvalue weighted by Gasteiger charge is 2.32. The SMILES string of the molecule is Cc1cc(C)c(C(O)(O)CC(=O)O)c(C)c1. The number of rotatable bonds is 3. The smallest absolute Gasteiger partial charge is 0.309 e. The van der Waals surface area contributed by atoms with Gasteiger partial charge in [-0.3, -0.25) is 4.79 Å². The van der Waals surface area contributed by atoms with E-state index in [9.17, 15) is 15.0 Å². The summed E-state index contributed by atoms with van der Waals surface area (Å²) in [7, 11) is 0. The number of carbonyl (C=O) groups is 1. The van der Waals surface area contributed by atoms with Crippen LogP contribution >= 0.6 is 0 Å². The molecule has 88 valence electrons. The summed E-state index contributed by atoms with van der Waals surface area (Å²) in [6.45, 7) is 5.37. The largest absolute Gasteiger partial charge is 0.481 e. The second kappa shape index (κ2) is 4.23. The lowest BCUT2D eigenvalue weighted by molar-refractivity contribution is -0.187. The molecule has 1 aromatic rings. The third-order valence-corrected chi connectivity index (χ3v) is 2.48. The zero-order valence-corrected chi connectivity index (χ0v) is 9.61. The summed E-state index contributed by atoms with van der Waals surface area (Å²) in [5.74, 6) is -3.56. The van der Waals surface area contributed by atoms with Gasteiger partial charge in [-0.1, -0.05) is 17.7 Å². The monoisotopic (exact) mass is 224 g/mol. The van der Waals surface area contributed by atoms with E-state index in [1.165, 1.54) is 0 Å². The zero-order valence-electron chi connectivity index (χ0n) is 9.61. The number of aryl methyl sites for hydroxylation is 3. The van der Waals surface area contributed by atoms with Crippen LogP contribution in [0.25, 0.3) is 0 Å². The summed E-state index contributed by atoms with van der Waals surface area (Å²) in [5, 5.41) is 28.2. The molecule has 3 N–H and O–H groups in total. The molecule has 0 radical (unpaired) electrons. The molecule has 0 unspecified atom stereocenters. The summed E-state index contributed by atoms with van der Waals surface area (Å²) in [5.41, 5.74) is 2.65. The molecule has 16 heavy (non-hydrogen) atoms. The molecule has 0 aliphatic rings. The first-order valence-corrected chi connectivity index (χ1v) is 4.99. The zero-order chi connectivity index (χ0) is 12.5. The Morgan fingerprint density at radius 1 is 1.19 bits per heavy atom. The van der Waals surface area contributed by atoms with Crippen LogP contribution in [0.5, 0.6) is 0 Å². The van der Waals surface area contributed by atoms with Crippen molar-refractivity contribution >= 4 is 5.97 Å². The van der Waals surface area contributed by atoms with E-state index in [-0.39, 0.29) is 5.56 Å². The molecule has 0 atom stereocenters. The van der Waals surface area contributed by atoms with Gasteiger partial charge in [-0.2, -0.15) is 0 Å². The molecule has 0 aromatic heterocycles. The number of carboxylic acids is 1. The second-order valence-corrected chi connectivity index (χ2v) is 4.16. The molecule has 1 rings (SSSR count). The van der Waals surface area contributed by atoms with Crippen LogP contribution < -0.4 is 0 Å². The number of hydrogen-bond donors (Lipinski definition) is 3. The normalized spacial score (nSPS) is 11.6. The van der Waals surface area contributed by atoms with Crippen LogP contribution in [0.1, 0.15) is 28.7 Å². The molecule has 0 bridgehead atoms. The molecule has 4 heteroatoms. The van der Waals surface area contributed by atoms with Gasteiger partial charge < -0.3 is 15.3 Å². The standard InChI is InChI=1S/C12H16O4/c1-7-4-8(2)11(9(3)5-7)12(15,16)6-10(13)14/h4-5,15-16H,6H2,1-3H3,(H,13,14). The van der Waals surface area contributed by atoms with Gasteiger partial charge in [-0.25, -0.2) is 0 Å². The van der Waals surface area contributed by atoms with Gasteiger partial charge in [0.1, 0.15) is 6.42 Å². The Kier molecular flexibility index (Phi) is 3.35. The van der Waals surface area contributed by atoms with E-state index in [2.05, 4.69) is 0 Å². The lowest BCUT2D eigenvalue weighted by Crippen LogP contribution is -2.30. The highest BCUT2D eigenvalue weighted by molar-refractivity contribution is 5.68. The minimum Gasteiger partial charge on any atom is -0.481 e. The predicted octanol–water partition coefficient (Wildman–Crippen LogP) is 1.22. The first-order chi connectivity index (χ1) is 7.24. The average Bonchev–Trinajstić information content (AvgIpc) is 1.96. The predicted molar refractivity (Wildman–Crippen MR) is 59.0 cm³/mol. The quantitative estimate of drug-likeness (QED) is 0.675. The van der Waals surface area contributed by atoms with Gasteiger partial charge in [-0.05, 0) is 31.9 Å². The van der Waals surface area contributed by atoms with E-state index in [4.69, 9.17) is 5.11 Å². The van der Waals surface area contributed by atoms with Gasteiger partial charge in [0.05, 0.1) is 0 Å². The van der Waals surface area contributed by atoms with Crippen molar-refractivity contribution in [2.24, 2.45) is 0 Å². The molecule has 0 fully saturated rings. The van der Waals surface area contributed by atoms with Gasteiger partial charge in [0.15, 0.2) is 0 Å². The number of carboxylic acid groups (broad SMARTS) is 1. The van der Waals surface area contributed by atoms with Crippen molar-refractivity contribution < 1.29 is 20.1 Å². The van der Waals surface area contributed by atoms with E-state index in [1.807, 2.05) is 6.92 Å². The van der Waals surface area contributed by atoms with Gasteiger partial charge in [0, 0.05) is 5.56 Å². The van der Waals surface area contributed by atoms with Crippen LogP contribution in [-0.4, -0.2) is 21.3 Å². The molecule has 1 aromatic carbocycles. The number of hydrogen-bond acceptors (Lipinski definition) is 3. The molecule has 4 nitrogen and oxygen atoms in total. The number of aliphatic carboxylic acids is 1. The average molecular weight is 224 g/mol. The van der Waals surface area contributed by atoms with E-state index >= 15 is 0 Å². The summed E-state index contributed by atoms with van der Waals surface area (Å²) in [6.07, 6.45) is -0.724. The first kappa shape index (κ1) is 12.7. The Morgan fingerprint density at radius 2 is 1.62 bits per heavy atom. The maximum Gasteiger partial charge on any atom is 0.309 e. The minimum atomic E-state index is -2.31. The molecule has 0 amide bonds. The fourth-order valence-electron chi connectivity index (χ4n) is 2.11. The Labute approximate surface area is 94.2 Å². The van der Waals surface area contributed by atoms with Crippen molar-refractivity contribution in [3.05, 3.63) is 34.4 Å². The van der Waals surface area contributed by atoms with E-state index in [0.717, 1.165) is 5.56 Å². The van der Waals surface area contributed by atoms with Crippen molar-refractivity contribution in [2.45, 2.75) is 33.0 Å².